The molecule has 0 amide bonds. The van der Waals surface area contributed by atoms with Gasteiger partial charge in [-0.1, -0.05) is 0 Å². The minimum Gasteiger partial charge on any atom is -0.488 e. The number of alkyl halides is 2. The quantitative estimate of drug-likeness (QED) is 0.872. The Labute approximate surface area is 109 Å². The minimum absolute atomic E-state index is 0.418. The predicted molar refractivity (Wildman–Crippen MR) is 67.3 cm³/mol. The summed E-state index contributed by atoms with van der Waals surface area (Å²) < 4.78 is 28.8. The predicted octanol–water partition coefficient (Wildman–Crippen LogP) is 2.73. The molecule has 2 rings (SSSR count). The number of anilines is 1. The van der Waals surface area contributed by atoms with Crippen LogP contribution in [0.1, 0.15) is 5.82 Å². The zero-order valence-corrected chi connectivity index (χ0v) is 10.1. The van der Waals surface area contributed by atoms with Crippen molar-refractivity contribution in [3.05, 3.63) is 48.5 Å². The monoisotopic (exact) mass is 265 g/mol. The van der Waals surface area contributed by atoms with E-state index in [-0.39, 0.29) is 0 Å². The summed E-state index contributed by atoms with van der Waals surface area (Å²) in [5.74, 6) is 1.10. The van der Waals surface area contributed by atoms with Crippen LogP contribution in [0.4, 0.5) is 14.5 Å². The maximum atomic E-state index is 12.0. The Kier molecular flexibility index (Phi) is 4.60. The van der Waals surface area contributed by atoms with Crippen LogP contribution in [0.3, 0.4) is 0 Å². The van der Waals surface area contributed by atoms with Gasteiger partial charge in [0.15, 0.2) is 0 Å². The number of nitrogens with one attached hydrogen (secondary N) is 1. The Balaban J connectivity index is 1.85. The van der Waals surface area contributed by atoms with Gasteiger partial charge in [-0.25, -0.2) is 18.7 Å². The van der Waals surface area contributed by atoms with Gasteiger partial charge in [-0.2, -0.15) is 0 Å². The molecule has 0 radical (unpaired) electrons. The van der Waals surface area contributed by atoms with Crippen molar-refractivity contribution in [2.45, 2.75) is 13.0 Å². The Morgan fingerprint density at radius 3 is 2.42 bits per heavy atom. The molecule has 0 aliphatic rings. The lowest BCUT2D eigenvalue weighted by molar-refractivity contribution is 0.0819. The number of aromatic nitrogens is 2. The second kappa shape index (κ2) is 6.63. The summed E-state index contributed by atoms with van der Waals surface area (Å²) in [4.78, 5) is 8.16. The summed E-state index contributed by atoms with van der Waals surface area (Å²) in [5.41, 5.74) is 0.844. The van der Waals surface area contributed by atoms with E-state index in [1.165, 1.54) is 0 Å². The number of hydrogen-bond acceptors (Lipinski definition) is 4. The van der Waals surface area contributed by atoms with Crippen LogP contribution in [-0.2, 0) is 6.54 Å². The van der Waals surface area contributed by atoms with Crippen molar-refractivity contribution < 1.29 is 13.5 Å². The van der Waals surface area contributed by atoms with Crippen molar-refractivity contribution in [2.24, 2.45) is 0 Å². The van der Waals surface area contributed by atoms with E-state index in [1.54, 1.807) is 42.7 Å². The summed E-state index contributed by atoms with van der Waals surface area (Å²) in [5, 5.41) is 3.12. The first-order valence-electron chi connectivity index (χ1n) is 5.75. The molecule has 100 valence electrons. The third-order valence-electron chi connectivity index (χ3n) is 2.30. The van der Waals surface area contributed by atoms with Gasteiger partial charge in [0.25, 0.3) is 6.43 Å². The van der Waals surface area contributed by atoms with E-state index in [2.05, 4.69) is 15.3 Å². The standard InChI is InChI=1S/C13H13F2N3O/c14-12(15)9-19-11-4-2-10(3-5-11)18-8-13-16-6-1-7-17-13/h1-7,12,18H,8-9H2. The highest BCUT2D eigenvalue weighted by molar-refractivity contribution is 5.46. The first-order chi connectivity index (χ1) is 9.24. The Hall–Kier alpha value is -2.24. The topological polar surface area (TPSA) is 47.0 Å². The van der Waals surface area contributed by atoms with Gasteiger partial charge in [0.2, 0.25) is 0 Å². The van der Waals surface area contributed by atoms with Gasteiger partial charge < -0.3 is 10.1 Å². The number of rotatable bonds is 6. The van der Waals surface area contributed by atoms with Crippen molar-refractivity contribution in [2.75, 3.05) is 11.9 Å². The molecule has 0 aliphatic heterocycles. The van der Waals surface area contributed by atoms with Gasteiger partial charge in [-0.3, -0.25) is 0 Å². The van der Waals surface area contributed by atoms with E-state index in [0.29, 0.717) is 18.1 Å². The van der Waals surface area contributed by atoms with E-state index >= 15 is 0 Å². The molecule has 0 fully saturated rings. The van der Waals surface area contributed by atoms with Crippen LogP contribution in [0.25, 0.3) is 0 Å². The molecule has 0 spiro atoms. The lowest BCUT2D eigenvalue weighted by atomic mass is 10.3. The Morgan fingerprint density at radius 2 is 1.79 bits per heavy atom. The number of hydrogen-bond donors (Lipinski definition) is 1. The van der Waals surface area contributed by atoms with Crippen LogP contribution in [0.15, 0.2) is 42.7 Å². The number of ether oxygens (including phenoxy) is 1. The van der Waals surface area contributed by atoms with Crippen LogP contribution in [0.2, 0.25) is 0 Å². The van der Waals surface area contributed by atoms with Gasteiger partial charge in [-0.05, 0) is 30.3 Å². The molecule has 19 heavy (non-hydrogen) atoms. The third-order valence-corrected chi connectivity index (χ3v) is 2.30. The van der Waals surface area contributed by atoms with Crippen molar-refractivity contribution in [1.82, 2.24) is 9.97 Å². The summed E-state index contributed by atoms with van der Waals surface area (Å²) in [6.07, 6.45) is 0.879. The van der Waals surface area contributed by atoms with Crippen LogP contribution in [0, 0.1) is 0 Å². The van der Waals surface area contributed by atoms with E-state index in [9.17, 15) is 8.78 Å². The summed E-state index contributed by atoms with van der Waals surface area (Å²) in [7, 11) is 0. The molecule has 0 bridgehead atoms. The molecule has 2 aromatic rings. The van der Waals surface area contributed by atoms with Crippen LogP contribution < -0.4 is 10.1 Å². The van der Waals surface area contributed by atoms with E-state index in [0.717, 1.165) is 5.69 Å². The lowest BCUT2D eigenvalue weighted by Gasteiger charge is -2.08. The summed E-state index contributed by atoms with van der Waals surface area (Å²) >= 11 is 0. The fourth-order valence-corrected chi connectivity index (χ4v) is 1.43. The van der Waals surface area contributed by atoms with Gasteiger partial charge in [0.05, 0.1) is 6.54 Å². The molecule has 1 aromatic heterocycles. The second-order valence-electron chi connectivity index (χ2n) is 3.75. The Morgan fingerprint density at radius 1 is 1.11 bits per heavy atom. The fourth-order valence-electron chi connectivity index (χ4n) is 1.43. The molecular weight excluding hydrogens is 252 g/mol. The zero-order valence-electron chi connectivity index (χ0n) is 10.1. The molecule has 0 unspecified atom stereocenters. The van der Waals surface area contributed by atoms with Crippen molar-refractivity contribution in [3.63, 3.8) is 0 Å². The van der Waals surface area contributed by atoms with Crippen LogP contribution in [0.5, 0.6) is 5.75 Å². The Bertz CT molecular complexity index is 491. The molecule has 0 saturated heterocycles. The first kappa shape index (κ1) is 13.2. The first-order valence-corrected chi connectivity index (χ1v) is 5.75. The van der Waals surface area contributed by atoms with Gasteiger partial charge in [0, 0.05) is 18.1 Å². The zero-order chi connectivity index (χ0) is 13.5. The third kappa shape index (κ3) is 4.50. The average molecular weight is 265 g/mol. The van der Waals surface area contributed by atoms with Gasteiger partial charge in [0.1, 0.15) is 18.2 Å². The second-order valence-corrected chi connectivity index (χ2v) is 3.75. The molecule has 0 saturated carbocycles. The summed E-state index contributed by atoms with van der Waals surface area (Å²) in [6, 6.07) is 8.53. The van der Waals surface area contributed by atoms with E-state index in [4.69, 9.17) is 4.74 Å². The van der Waals surface area contributed by atoms with Crippen molar-refractivity contribution in [3.8, 4) is 5.75 Å². The largest absolute Gasteiger partial charge is 0.488 e. The SMILES string of the molecule is FC(F)COc1ccc(NCc2ncccn2)cc1. The van der Waals surface area contributed by atoms with Gasteiger partial charge >= 0.3 is 0 Å². The molecule has 1 N–H and O–H groups in total. The molecule has 0 aliphatic carbocycles. The minimum atomic E-state index is -2.46. The maximum Gasteiger partial charge on any atom is 0.272 e. The molecule has 6 heteroatoms. The van der Waals surface area contributed by atoms with E-state index < -0.39 is 13.0 Å². The maximum absolute atomic E-state index is 12.0. The molecular formula is C13H13F2N3O. The fraction of sp³-hybridized carbons (Fsp3) is 0.231. The number of benzene rings is 1. The average Bonchev–Trinajstić information content (AvgIpc) is 2.45. The highest BCUT2D eigenvalue weighted by Gasteiger charge is 2.03. The van der Waals surface area contributed by atoms with Crippen LogP contribution in [-0.4, -0.2) is 23.0 Å². The van der Waals surface area contributed by atoms with Crippen molar-refractivity contribution >= 4 is 5.69 Å². The number of nitrogens with zero attached hydrogens (tertiary/aromatic N) is 2. The molecule has 0 atom stereocenters. The highest BCUT2D eigenvalue weighted by Crippen LogP contribution is 2.16. The van der Waals surface area contributed by atoms with Crippen LogP contribution >= 0.6 is 0 Å². The molecule has 1 aromatic carbocycles. The highest BCUT2D eigenvalue weighted by atomic mass is 19.3. The molecule has 1 heterocycles. The normalized spacial score (nSPS) is 10.5. The molecule has 4 nitrogen and oxygen atoms in total. The number of halogens is 2. The van der Waals surface area contributed by atoms with Crippen molar-refractivity contribution in [1.29, 1.82) is 0 Å². The van der Waals surface area contributed by atoms with E-state index in [1.807, 2.05) is 0 Å². The van der Waals surface area contributed by atoms with Gasteiger partial charge in [-0.15, -0.1) is 0 Å². The summed E-state index contributed by atoms with van der Waals surface area (Å²) in [6.45, 7) is -0.0945. The lowest BCUT2D eigenvalue weighted by Crippen LogP contribution is -2.07. The smallest absolute Gasteiger partial charge is 0.272 e.